The molecule has 0 aliphatic heterocycles. The first-order valence-corrected chi connectivity index (χ1v) is 15.8. The molecule has 7 rings (SSSR count). The van der Waals surface area contributed by atoms with Crippen molar-refractivity contribution >= 4 is 40.4 Å². The molecule has 0 spiro atoms. The van der Waals surface area contributed by atoms with Crippen LogP contribution in [0.4, 0.5) is 17.1 Å². The van der Waals surface area contributed by atoms with Gasteiger partial charge in [0.1, 0.15) is 35.4 Å². The lowest BCUT2D eigenvalue weighted by Crippen LogP contribution is -2.09. The van der Waals surface area contributed by atoms with Crippen LogP contribution >= 0.6 is 0 Å². The number of fused-ring (bicyclic) bond motifs is 2. The topological polar surface area (TPSA) is 98.4 Å². The lowest BCUT2D eigenvalue weighted by atomic mass is 9.98. The number of nitriles is 4. The van der Waals surface area contributed by atoms with Crippen molar-refractivity contribution in [2.24, 2.45) is 0 Å². The number of anilines is 3. The molecule has 2 aliphatic rings. The van der Waals surface area contributed by atoms with Crippen LogP contribution in [0.1, 0.15) is 33.4 Å². The lowest BCUT2D eigenvalue weighted by molar-refractivity contribution is 1.27. The molecule has 0 saturated heterocycles. The molecule has 0 unspecified atom stereocenters. The summed E-state index contributed by atoms with van der Waals surface area (Å²) in [4.78, 5) is 2.19. The Morgan fingerprint density at radius 3 is 1.22 bits per heavy atom. The van der Waals surface area contributed by atoms with E-state index < -0.39 is 0 Å². The average Bonchev–Trinajstić information content (AvgIpc) is 3.69. The molecule has 2 aliphatic carbocycles. The van der Waals surface area contributed by atoms with Gasteiger partial charge in [0.25, 0.3) is 0 Å². The van der Waals surface area contributed by atoms with Crippen molar-refractivity contribution in [3.63, 3.8) is 0 Å². The largest absolute Gasteiger partial charge is 0.311 e. The lowest BCUT2D eigenvalue weighted by Gasteiger charge is -2.25. The molecule has 0 radical (unpaired) electrons. The molecule has 5 heteroatoms. The van der Waals surface area contributed by atoms with Gasteiger partial charge in [0.2, 0.25) is 0 Å². The van der Waals surface area contributed by atoms with Crippen molar-refractivity contribution in [2.45, 2.75) is 12.8 Å². The Morgan fingerprint density at radius 2 is 0.816 bits per heavy atom. The van der Waals surface area contributed by atoms with Gasteiger partial charge in [0.15, 0.2) is 0 Å². The van der Waals surface area contributed by atoms with Gasteiger partial charge >= 0.3 is 0 Å². The zero-order valence-electron chi connectivity index (χ0n) is 26.4. The number of rotatable bonds is 5. The molecule has 5 aromatic carbocycles. The Bertz CT molecular complexity index is 2210. The zero-order chi connectivity index (χ0) is 33.7. The number of nitrogens with zero attached hydrogens (tertiary/aromatic N) is 5. The van der Waals surface area contributed by atoms with E-state index in [0.29, 0.717) is 24.0 Å². The summed E-state index contributed by atoms with van der Waals surface area (Å²) in [5.41, 5.74) is 12.6. The van der Waals surface area contributed by atoms with Crippen molar-refractivity contribution in [3.05, 3.63) is 183 Å². The summed E-state index contributed by atoms with van der Waals surface area (Å²) in [6.45, 7) is 0. The number of allylic oxidation sites excluding steroid dienone is 6. The fourth-order valence-electron chi connectivity index (χ4n) is 6.75. The van der Waals surface area contributed by atoms with Crippen LogP contribution in [0.3, 0.4) is 0 Å². The van der Waals surface area contributed by atoms with Crippen LogP contribution in [0.25, 0.3) is 23.3 Å². The number of hydrogen-bond donors (Lipinski definition) is 0. The van der Waals surface area contributed by atoms with E-state index in [1.165, 1.54) is 0 Å². The molecule has 5 nitrogen and oxygen atoms in total. The molecule has 0 heterocycles. The fraction of sp³-hybridized carbons (Fsp3) is 0.0455. The second-order valence-corrected chi connectivity index (χ2v) is 11.8. The van der Waals surface area contributed by atoms with Gasteiger partial charge in [-0.15, -0.1) is 0 Å². The molecule has 0 fully saturated rings. The molecule has 0 saturated carbocycles. The first-order valence-electron chi connectivity index (χ1n) is 15.8. The van der Waals surface area contributed by atoms with Crippen LogP contribution in [0.2, 0.25) is 0 Å². The maximum atomic E-state index is 9.70. The van der Waals surface area contributed by atoms with Crippen molar-refractivity contribution in [1.29, 1.82) is 21.0 Å². The highest BCUT2D eigenvalue weighted by molar-refractivity contribution is 5.96. The maximum absolute atomic E-state index is 9.70. The van der Waals surface area contributed by atoms with Crippen LogP contribution in [-0.2, 0) is 12.8 Å². The Balaban J connectivity index is 1.22. The van der Waals surface area contributed by atoms with Gasteiger partial charge in [-0.05, 0) is 93.8 Å². The second-order valence-electron chi connectivity index (χ2n) is 11.8. The van der Waals surface area contributed by atoms with Crippen LogP contribution in [0, 0.1) is 45.3 Å². The molecule has 49 heavy (non-hydrogen) atoms. The smallest absolute Gasteiger partial charge is 0.137 e. The number of benzene rings is 5. The predicted octanol–water partition coefficient (Wildman–Crippen LogP) is 10.0. The van der Waals surface area contributed by atoms with Crippen molar-refractivity contribution in [2.75, 3.05) is 4.90 Å². The van der Waals surface area contributed by atoms with E-state index in [0.717, 1.165) is 61.6 Å². The summed E-state index contributed by atoms with van der Waals surface area (Å²) in [5.74, 6) is 0. The number of hydrogen-bond acceptors (Lipinski definition) is 5. The zero-order valence-corrected chi connectivity index (χ0v) is 26.4. The van der Waals surface area contributed by atoms with Crippen LogP contribution in [0.5, 0.6) is 0 Å². The second kappa shape index (κ2) is 13.3. The fourth-order valence-corrected chi connectivity index (χ4v) is 6.75. The van der Waals surface area contributed by atoms with E-state index in [-0.39, 0.29) is 11.1 Å². The van der Waals surface area contributed by atoms with Gasteiger partial charge in [-0.1, -0.05) is 103 Å². The minimum Gasteiger partial charge on any atom is -0.311 e. The molecular weight excluding hydrogens is 599 g/mol. The van der Waals surface area contributed by atoms with E-state index in [2.05, 4.69) is 102 Å². The minimum absolute atomic E-state index is 0.127. The molecule has 0 N–H and O–H groups in total. The maximum Gasteiger partial charge on any atom is 0.137 e. The third-order valence-electron chi connectivity index (χ3n) is 8.92. The molecule has 0 amide bonds. The molecule has 0 atom stereocenters. The first-order chi connectivity index (χ1) is 24.1. The van der Waals surface area contributed by atoms with Crippen LogP contribution < -0.4 is 4.90 Å². The highest BCUT2D eigenvalue weighted by Crippen LogP contribution is 2.42. The Kier molecular flexibility index (Phi) is 8.26. The van der Waals surface area contributed by atoms with Gasteiger partial charge in [0.05, 0.1) is 0 Å². The van der Waals surface area contributed by atoms with Crippen LogP contribution in [-0.4, -0.2) is 0 Å². The van der Waals surface area contributed by atoms with Crippen molar-refractivity contribution in [1.82, 2.24) is 0 Å². The average molecular weight is 626 g/mol. The molecule has 0 aromatic heterocycles. The third-order valence-corrected chi connectivity index (χ3v) is 8.92. The van der Waals surface area contributed by atoms with E-state index in [4.69, 9.17) is 0 Å². The van der Waals surface area contributed by atoms with Gasteiger partial charge in [0, 0.05) is 28.2 Å². The predicted molar refractivity (Wildman–Crippen MR) is 194 cm³/mol. The monoisotopic (exact) mass is 625 g/mol. The van der Waals surface area contributed by atoms with E-state index in [1.807, 2.05) is 66.7 Å². The number of para-hydroxylation sites is 1. The summed E-state index contributed by atoms with van der Waals surface area (Å²) in [6, 6.07) is 51.0. The van der Waals surface area contributed by atoms with E-state index >= 15 is 0 Å². The molecular formula is C44H27N5. The highest BCUT2D eigenvalue weighted by atomic mass is 15.1. The summed E-state index contributed by atoms with van der Waals surface area (Å²) in [7, 11) is 0. The Hall–Kier alpha value is -7.18. The molecule has 0 bridgehead atoms. The minimum atomic E-state index is 0.127. The van der Waals surface area contributed by atoms with E-state index in [1.54, 1.807) is 0 Å². The summed E-state index contributed by atoms with van der Waals surface area (Å²) in [5, 5.41) is 38.8. The van der Waals surface area contributed by atoms with Gasteiger partial charge in [-0.25, -0.2) is 0 Å². The summed E-state index contributed by atoms with van der Waals surface area (Å²) >= 11 is 0. The molecule has 5 aromatic rings. The van der Waals surface area contributed by atoms with Gasteiger partial charge < -0.3 is 4.90 Å². The Morgan fingerprint density at radius 1 is 0.449 bits per heavy atom. The van der Waals surface area contributed by atoms with Crippen molar-refractivity contribution < 1.29 is 0 Å². The van der Waals surface area contributed by atoms with Gasteiger partial charge in [-0.2, -0.15) is 21.0 Å². The third kappa shape index (κ3) is 5.82. The standard InChI is InChI=1S/C44H27N5/c45-26-36(27-46)43-34(24-32-8-4-6-12-41(32)43)22-30-14-18-39(19-15-30)49(38-10-2-1-3-11-38)40-20-16-31(17-21-40)23-35-25-33-9-5-7-13-42(33)44(35)37(28-47)29-48/h1-23H,24-25H2/b34-22+,35-23+. The highest BCUT2D eigenvalue weighted by Gasteiger charge is 2.26. The van der Waals surface area contributed by atoms with Crippen LogP contribution in [0.15, 0.2) is 150 Å². The van der Waals surface area contributed by atoms with E-state index in [9.17, 15) is 21.0 Å². The summed E-state index contributed by atoms with van der Waals surface area (Å²) in [6.07, 6.45) is 5.46. The van der Waals surface area contributed by atoms with Gasteiger partial charge in [-0.3, -0.25) is 0 Å². The quantitative estimate of drug-likeness (QED) is 0.181. The normalized spacial score (nSPS) is 14.3. The SMILES string of the molecule is N#CC(C#N)=C1/C(=C/c2ccc(N(c3ccccc3)c3ccc(/C=C4\Cc5ccccc5C4=C(C#N)C#N)cc3)cc2)Cc2ccccc21. The Labute approximate surface area is 285 Å². The molecule has 228 valence electrons. The van der Waals surface area contributed by atoms with Crippen molar-refractivity contribution in [3.8, 4) is 24.3 Å². The first kappa shape index (κ1) is 30.5. The summed E-state index contributed by atoms with van der Waals surface area (Å²) < 4.78 is 0.